The van der Waals surface area contributed by atoms with Crippen molar-refractivity contribution in [2.45, 2.75) is 33.2 Å². The van der Waals surface area contributed by atoms with Crippen LogP contribution < -0.4 is 10.0 Å². The summed E-state index contributed by atoms with van der Waals surface area (Å²) in [7, 11) is -3.09. The van der Waals surface area contributed by atoms with Crippen molar-refractivity contribution < 1.29 is 8.42 Å². The monoisotopic (exact) mass is 234 g/mol. The van der Waals surface area contributed by atoms with Crippen molar-refractivity contribution in [2.75, 3.05) is 18.8 Å². The number of sulfonamides is 1. The van der Waals surface area contributed by atoms with E-state index in [-0.39, 0.29) is 17.7 Å². The number of hydrogen-bond donors (Lipinski definition) is 2. The molecule has 0 aromatic heterocycles. The van der Waals surface area contributed by atoms with Gasteiger partial charge in [0.2, 0.25) is 10.0 Å². The Morgan fingerprint density at radius 1 is 1.47 bits per heavy atom. The van der Waals surface area contributed by atoms with Crippen LogP contribution in [0.5, 0.6) is 0 Å². The summed E-state index contributed by atoms with van der Waals surface area (Å²) in [5.41, 5.74) is 0. The Hall–Kier alpha value is -0.130. The minimum atomic E-state index is -3.09. The van der Waals surface area contributed by atoms with E-state index in [2.05, 4.69) is 17.0 Å². The van der Waals surface area contributed by atoms with E-state index in [0.717, 1.165) is 19.5 Å². The van der Waals surface area contributed by atoms with E-state index in [1.54, 1.807) is 0 Å². The van der Waals surface area contributed by atoms with Gasteiger partial charge in [0.05, 0.1) is 5.75 Å². The van der Waals surface area contributed by atoms with E-state index < -0.39 is 10.0 Å². The molecule has 90 valence electrons. The van der Waals surface area contributed by atoms with Crippen molar-refractivity contribution in [1.82, 2.24) is 10.0 Å². The molecule has 1 saturated heterocycles. The molecule has 1 aliphatic rings. The highest BCUT2D eigenvalue weighted by atomic mass is 32.2. The van der Waals surface area contributed by atoms with E-state index in [1.165, 1.54) is 0 Å². The number of piperidine rings is 1. The highest BCUT2D eigenvalue weighted by Gasteiger charge is 2.25. The zero-order valence-electron chi connectivity index (χ0n) is 9.79. The molecular formula is C10H22N2O2S. The second-order valence-corrected chi connectivity index (χ2v) is 6.67. The number of nitrogens with one attached hydrogen (secondary N) is 2. The summed E-state index contributed by atoms with van der Waals surface area (Å²) in [6.07, 6.45) is 0.887. The molecule has 4 nitrogen and oxygen atoms in total. The predicted octanol–water partition coefficient (Wildman–Crippen LogP) is 0.560. The normalized spacial score (nSPS) is 28.3. The zero-order valence-corrected chi connectivity index (χ0v) is 10.6. The van der Waals surface area contributed by atoms with Crippen molar-refractivity contribution in [3.05, 3.63) is 0 Å². The Morgan fingerprint density at radius 3 is 2.67 bits per heavy atom. The van der Waals surface area contributed by atoms with E-state index in [0.29, 0.717) is 5.92 Å². The number of hydrogen-bond acceptors (Lipinski definition) is 3. The van der Waals surface area contributed by atoms with E-state index in [1.807, 2.05) is 13.8 Å². The third-order valence-electron chi connectivity index (χ3n) is 2.67. The molecule has 0 saturated carbocycles. The van der Waals surface area contributed by atoms with Gasteiger partial charge in [0.15, 0.2) is 0 Å². The first-order valence-corrected chi connectivity index (χ1v) is 7.26. The van der Waals surface area contributed by atoms with Crippen LogP contribution in [0.25, 0.3) is 0 Å². The lowest BCUT2D eigenvalue weighted by Gasteiger charge is -2.30. The topological polar surface area (TPSA) is 58.2 Å². The second-order valence-electron chi connectivity index (χ2n) is 4.87. The Bertz CT molecular complexity index is 288. The molecule has 2 N–H and O–H groups in total. The Morgan fingerprint density at radius 2 is 2.13 bits per heavy atom. The fourth-order valence-electron chi connectivity index (χ4n) is 1.91. The van der Waals surface area contributed by atoms with Crippen molar-refractivity contribution in [3.8, 4) is 0 Å². The first-order chi connectivity index (χ1) is 6.91. The molecule has 0 aromatic rings. The lowest BCUT2D eigenvalue weighted by molar-refractivity contribution is 0.327. The van der Waals surface area contributed by atoms with Crippen LogP contribution in [0.1, 0.15) is 27.2 Å². The predicted molar refractivity (Wildman–Crippen MR) is 62.2 cm³/mol. The molecule has 5 heteroatoms. The molecule has 1 aliphatic heterocycles. The van der Waals surface area contributed by atoms with E-state index in [9.17, 15) is 8.42 Å². The molecule has 0 amide bonds. The van der Waals surface area contributed by atoms with Crippen LogP contribution in [0.15, 0.2) is 0 Å². The SMILES string of the molecule is CC(C)CS(=O)(=O)NC1CCNCC1C. The standard InChI is InChI=1S/C10H22N2O2S/c1-8(2)7-15(13,14)12-10-4-5-11-6-9(10)3/h8-12H,4-7H2,1-3H3. The second kappa shape index (κ2) is 5.27. The summed E-state index contributed by atoms with van der Waals surface area (Å²) in [5.74, 6) is 0.782. The summed E-state index contributed by atoms with van der Waals surface area (Å²) < 4.78 is 26.3. The molecule has 0 aliphatic carbocycles. The van der Waals surface area contributed by atoms with Crippen LogP contribution >= 0.6 is 0 Å². The average molecular weight is 234 g/mol. The van der Waals surface area contributed by atoms with Crippen LogP contribution in [-0.4, -0.2) is 33.3 Å². The van der Waals surface area contributed by atoms with Crippen LogP contribution in [0, 0.1) is 11.8 Å². The van der Waals surface area contributed by atoms with Gasteiger partial charge in [-0.3, -0.25) is 0 Å². The largest absolute Gasteiger partial charge is 0.316 e. The maximum Gasteiger partial charge on any atom is 0.212 e. The molecule has 15 heavy (non-hydrogen) atoms. The van der Waals surface area contributed by atoms with Crippen molar-refractivity contribution in [3.63, 3.8) is 0 Å². The van der Waals surface area contributed by atoms with Crippen LogP contribution in [0.3, 0.4) is 0 Å². The average Bonchev–Trinajstić information content (AvgIpc) is 2.06. The van der Waals surface area contributed by atoms with Crippen molar-refractivity contribution >= 4 is 10.0 Å². The lowest BCUT2D eigenvalue weighted by atomic mass is 9.97. The van der Waals surface area contributed by atoms with Gasteiger partial charge < -0.3 is 5.32 Å². The Kier molecular flexibility index (Phi) is 4.55. The lowest BCUT2D eigenvalue weighted by Crippen LogP contribution is -2.49. The van der Waals surface area contributed by atoms with Gasteiger partial charge in [0.1, 0.15) is 0 Å². The molecule has 0 radical (unpaired) electrons. The van der Waals surface area contributed by atoms with Crippen LogP contribution in [0.4, 0.5) is 0 Å². The third kappa shape index (κ3) is 4.49. The van der Waals surface area contributed by atoms with Gasteiger partial charge in [-0.05, 0) is 31.3 Å². The summed E-state index contributed by atoms with van der Waals surface area (Å²) >= 11 is 0. The van der Waals surface area contributed by atoms with Gasteiger partial charge >= 0.3 is 0 Å². The smallest absolute Gasteiger partial charge is 0.212 e. The van der Waals surface area contributed by atoms with E-state index >= 15 is 0 Å². The fraction of sp³-hybridized carbons (Fsp3) is 1.00. The zero-order chi connectivity index (χ0) is 11.5. The highest BCUT2D eigenvalue weighted by Crippen LogP contribution is 2.12. The van der Waals surface area contributed by atoms with Gasteiger partial charge in [0.25, 0.3) is 0 Å². The molecule has 0 aromatic carbocycles. The molecule has 0 bridgehead atoms. The molecule has 1 fully saturated rings. The molecule has 0 spiro atoms. The summed E-state index contributed by atoms with van der Waals surface area (Å²) in [6, 6.07) is 0.106. The summed E-state index contributed by atoms with van der Waals surface area (Å²) in [5, 5.41) is 3.26. The maximum absolute atomic E-state index is 11.7. The number of rotatable bonds is 4. The summed E-state index contributed by atoms with van der Waals surface area (Å²) in [4.78, 5) is 0. The minimum absolute atomic E-state index is 0.106. The first kappa shape index (κ1) is 12.9. The molecule has 1 rings (SSSR count). The Balaban J connectivity index is 2.52. The minimum Gasteiger partial charge on any atom is -0.316 e. The fourth-order valence-corrected chi connectivity index (χ4v) is 3.69. The third-order valence-corrected chi connectivity index (χ3v) is 4.44. The van der Waals surface area contributed by atoms with Crippen LogP contribution in [0.2, 0.25) is 0 Å². The molecular weight excluding hydrogens is 212 g/mol. The van der Waals surface area contributed by atoms with Crippen LogP contribution in [-0.2, 0) is 10.0 Å². The van der Waals surface area contributed by atoms with E-state index in [4.69, 9.17) is 0 Å². The van der Waals surface area contributed by atoms with Gasteiger partial charge in [-0.15, -0.1) is 0 Å². The van der Waals surface area contributed by atoms with Crippen molar-refractivity contribution in [2.24, 2.45) is 11.8 Å². The highest BCUT2D eigenvalue weighted by molar-refractivity contribution is 7.89. The quantitative estimate of drug-likeness (QED) is 0.747. The maximum atomic E-state index is 11.7. The van der Waals surface area contributed by atoms with Gasteiger partial charge in [0, 0.05) is 6.04 Å². The van der Waals surface area contributed by atoms with Gasteiger partial charge in [-0.2, -0.15) is 0 Å². The molecule has 1 heterocycles. The molecule has 2 unspecified atom stereocenters. The van der Waals surface area contributed by atoms with Gasteiger partial charge in [-0.25, -0.2) is 13.1 Å². The Labute approximate surface area is 92.9 Å². The first-order valence-electron chi connectivity index (χ1n) is 5.61. The molecule has 2 atom stereocenters. The summed E-state index contributed by atoms with van der Waals surface area (Å²) in [6.45, 7) is 7.72. The van der Waals surface area contributed by atoms with Gasteiger partial charge in [-0.1, -0.05) is 20.8 Å². The van der Waals surface area contributed by atoms with Crippen molar-refractivity contribution in [1.29, 1.82) is 0 Å².